The van der Waals surface area contributed by atoms with Gasteiger partial charge in [0.15, 0.2) is 0 Å². The molecule has 1 fully saturated rings. The fourth-order valence-electron chi connectivity index (χ4n) is 2.55. The smallest absolute Gasteiger partial charge is 0.127 e. The highest BCUT2D eigenvalue weighted by Crippen LogP contribution is 2.27. The first-order valence-electron chi connectivity index (χ1n) is 9.46. The van der Waals surface area contributed by atoms with Crippen LogP contribution in [-0.4, -0.2) is 0 Å². The molecule has 0 unspecified atom stereocenters. The Hall–Kier alpha value is -2.54. The lowest BCUT2D eigenvalue weighted by Gasteiger charge is -2.09. The molecule has 1 aliphatic carbocycles. The maximum atomic E-state index is 5.95. The van der Waals surface area contributed by atoms with Crippen LogP contribution in [0.25, 0.3) is 11.1 Å². The SMILES string of the molecule is C1CC1.Cc1ccc(Oc2ccc(-c3ccc(C)c(C)c3)cc2)cc1C. The summed E-state index contributed by atoms with van der Waals surface area (Å²) < 4.78 is 5.95. The van der Waals surface area contributed by atoms with Gasteiger partial charge in [-0.25, -0.2) is 0 Å². The van der Waals surface area contributed by atoms with Crippen LogP contribution in [0.2, 0.25) is 0 Å². The van der Waals surface area contributed by atoms with E-state index in [4.69, 9.17) is 4.74 Å². The van der Waals surface area contributed by atoms with Gasteiger partial charge in [-0.1, -0.05) is 55.7 Å². The molecule has 1 aliphatic rings. The molecule has 0 spiro atoms. The van der Waals surface area contributed by atoms with E-state index in [0.717, 1.165) is 11.5 Å². The van der Waals surface area contributed by atoms with Crippen LogP contribution in [0.3, 0.4) is 0 Å². The molecule has 0 bridgehead atoms. The minimum Gasteiger partial charge on any atom is -0.457 e. The van der Waals surface area contributed by atoms with Crippen LogP contribution in [0.4, 0.5) is 0 Å². The Morgan fingerprint density at radius 3 is 1.54 bits per heavy atom. The van der Waals surface area contributed by atoms with Gasteiger partial charge in [0.25, 0.3) is 0 Å². The van der Waals surface area contributed by atoms with Crippen molar-refractivity contribution in [3.63, 3.8) is 0 Å². The summed E-state index contributed by atoms with van der Waals surface area (Å²) in [5, 5.41) is 0. The third-order valence-electron chi connectivity index (χ3n) is 4.76. The monoisotopic (exact) mass is 344 g/mol. The van der Waals surface area contributed by atoms with Crippen molar-refractivity contribution >= 4 is 0 Å². The highest BCUT2D eigenvalue weighted by Gasteiger charge is 2.03. The van der Waals surface area contributed by atoms with E-state index < -0.39 is 0 Å². The van der Waals surface area contributed by atoms with E-state index in [-0.39, 0.29) is 0 Å². The average molecular weight is 344 g/mol. The Kier molecular flexibility index (Phi) is 5.78. The second-order valence-electron chi connectivity index (χ2n) is 7.23. The zero-order valence-electron chi connectivity index (χ0n) is 16.3. The third kappa shape index (κ3) is 4.98. The zero-order chi connectivity index (χ0) is 18.5. The highest BCUT2D eigenvalue weighted by atomic mass is 16.5. The van der Waals surface area contributed by atoms with Crippen molar-refractivity contribution in [1.29, 1.82) is 0 Å². The number of benzene rings is 3. The predicted octanol–water partition coefficient (Wildman–Crippen LogP) is 7.55. The van der Waals surface area contributed by atoms with E-state index in [1.807, 2.05) is 18.2 Å². The number of rotatable bonds is 3. The summed E-state index contributed by atoms with van der Waals surface area (Å²) in [6.07, 6.45) is 4.50. The van der Waals surface area contributed by atoms with Gasteiger partial charge in [-0.2, -0.15) is 0 Å². The van der Waals surface area contributed by atoms with E-state index >= 15 is 0 Å². The van der Waals surface area contributed by atoms with Gasteiger partial charge in [0.2, 0.25) is 0 Å². The molecule has 0 amide bonds. The molecule has 1 heteroatoms. The summed E-state index contributed by atoms with van der Waals surface area (Å²) in [6, 6.07) is 21.0. The molecule has 0 atom stereocenters. The normalized spacial score (nSPS) is 12.2. The van der Waals surface area contributed by atoms with Gasteiger partial charge in [0.05, 0.1) is 0 Å². The molecular formula is C25H28O. The molecule has 1 saturated carbocycles. The summed E-state index contributed by atoms with van der Waals surface area (Å²) in [4.78, 5) is 0. The molecule has 3 aromatic rings. The molecule has 4 rings (SSSR count). The van der Waals surface area contributed by atoms with Gasteiger partial charge in [-0.05, 0) is 85.3 Å². The molecule has 26 heavy (non-hydrogen) atoms. The topological polar surface area (TPSA) is 9.23 Å². The number of aryl methyl sites for hydroxylation is 4. The van der Waals surface area contributed by atoms with E-state index in [2.05, 4.69) is 70.2 Å². The van der Waals surface area contributed by atoms with E-state index in [1.165, 1.54) is 52.6 Å². The van der Waals surface area contributed by atoms with E-state index in [1.54, 1.807) is 0 Å². The maximum absolute atomic E-state index is 5.95. The van der Waals surface area contributed by atoms with Gasteiger partial charge < -0.3 is 4.74 Å². The minimum absolute atomic E-state index is 0.862. The van der Waals surface area contributed by atoms with E-state index in [0.29, 0.717) is 0 Å². The Morgan fingerprint density at radius 1 is 0.500 bits per heavy atom. The minimum atomic E-state index is 0.862. The Labute approximate surface area is 157 Å². The van der Waals surface area contributed by atoms with Crippen LogP contribution < -0.4 is 4.74 Å². The Balaban J connectivity index is 0.000000592. The lowest BCUT2D eigenvalue weighted by molar-refractivity contribution is 0.482. The van der Waals surface area contributed by atoms with Crippen LogP contribution in [0.1, 0.15) is 41.5 Å². The summed E-state index contributed by atoms with van der Waals surface area (Å²) in [6.45, 7) is 8.50. The van der Waals surface area contributed by atoms with Crippen LogP contribution >= 0.6 is 0 Å². The summed E-state index contributed by atoms with van der Waals surface area (Å²) in [5.74, 6) is 1.74. The lowest BCUT2D eigenvalue weighted by Crippen LogP contribution is -1.87. The maximum Gasteiger partial charge on any atom is 0.127 e. The van der Waals surface area contributed by atoms with Crippen molar-refractivity contribution in [2.75, 3.05) is 0 Å². The van der Waals surface area contributed by atoms with Gasteiger partial charge in [-0.15, -0.1) is 0 Å². The zero-order valence-corrected chi connectivity index (χ0v) is 16.3. The van der Waals surface area contributed by atoms with Gasteiger partial charge in [0.1, 0.15) is 11.5 Å². The second-order valence-corrected chi connectivity index (χ2v) is 7.23. The largest absolute Gasteiger partial charge is 0.457 e. The van der Waals surface area contributed by atoms with E-state index in [9.17, 15) is 0 Å². The summed E-state index contributed by atoms with van der Waals surface area (Å²) in [7, 11) is 0. The van der Waals surface area contributed by atoms with Crippen molar-refractivity contribution in [2.45, 2.75) is 47.0 Å². The Bertz CT molecular complexity index is 870. The lowest BCUT2D eigenvalue weighted by atomic mass is 10.0. The quantitative estimate of drug-likeness (QED) is 0.476. The molecule has 1 nitrogen and oxygen atoms in total. The molecule has 0 aliphatic heterocycles. The number of ether oxygens (including phenoxy) is 1. The van der Waals surface area contributed by atoms with Crippen molar-refractivity contribution in [1.82, 2.24) is 0 Å². The fourth-order valence-corrected chi connectivity index (χ4v) is 2.55. The van der Waals surface area contributed by atoms with Crippen LogP contribution in [-0.2, 0) is 0 Å². The first kappa shape index (κ1) is 18.3. The number of hydrogen-bond acceptors (Lipinski definition) is 1. The molecule has 134 valence electrons. The van der Waals surface area contributed by atoms with Crippen molar-refractivity contribution in [3.05, 3.63) is 82.9 Å². The standard InChI is InChI=1S/C22H22O.C3H6/c1-15-5-7-20(13-17(15)3)19-8-11-21(12-9-19)23-22-10-6-16(2)18(4)14-22;1-2-3-1/h5-14H,1-4H3;1-3H2. The average Bonchev–Trinajstić information content (AvgIpc) is 3.50. The fraction of sp³-hybridized carbons (Fsp3) is 0.280. The second kappa shape index (κ2) is 8.23. The van der Waals surface area contributed by atoms with Crippen LogP contribution in [0.15, 0.2) is 60.7 Å². The van der Waals surface area contributed by atoms with Crippen LogP contribution in [0, 0.1) is 27.7 Å². The first-order valence-corrected chi connectivity index (χ1v) is 9.46. The van der Waals surface area contributed by atoms with Gasteiger partial charge in [0, 0.05) is 0 Å². The molecule has 0 aromatic heterocycles. The van der Waals surface area contributed by atoms with Gasteiger partial charge in [-0.3, -0.25) is 0 Å². The van der Waals surface area contributed by atoms with Crippen molar-refractivity contribution in [2.24, 2.45) is 0 Å². The van der Waals surface area contributed by atoms with Gasteiger partial charge >= 0.3 is 0 Å². The van der Waals surface area contributed by atoms with Crippen molar-refractivity contribution < 1.29 is 4.74 Å². The van der Waals surface area contributed by atoms with Crippen LogP contribution in [0.5, 0.6) is 11.5 Å². The predicted molar refractivity (Wildman–Crippen MR) is 111 cm³/mol. The molecule has 0 radical (unpaired) electrons. The summed E-state index contributed by atoms with van der Waals surface area (Å²) >= 11 is 0. The molecule has 0 N–H and O–H groups in total. The molecule has 3 aromatic carbocycles. The highest BCUT2D eigenvalue weighted by molar-refractivity contribution is 5.65. The summed E-state index contributed by atoms with van der Waals surface area (Å²) in [5.41, 5.74) is 7.62. The van der Waals surface area contributed by atoms with Crippen molar-refractivity contribution in [3.8, 4) is 22.6 Å². The molecule has 0 saturated heterocycles. The molecular weight excluding hydrogens is 316 g/mol. The third-order valence-corrected chi connectivity index (χ3v) is 4.76. The molecule has 0 heterocycles. The number of hydrogen-bond donors (Lipinski definition) is 0. The Morgan fingerprint density at radius 2 is 1.00 bits per heavy atom. The first-order chi connectivity index (χ1) is 12.5.